The molecule has 3 heteroatoms. The largest absolute Gasteiger partial charge is 0.462 e. The Balaban J connectivity index is 2.30. The molecule has 98 valence electrons. The van der Waals surface area contributed by atoms with Crippen molar-refractivity contribution in [3.63, 3.8) is 0 Å². The highest BCUT2D eigenvalue weighted by atomic mass is 16.5. The first-order valence-electron chi connectivity index (χ1n) is 6.31. The van der Waals surface area contributed by atoms with Crippen molar-refractivity contribution in [2.45, 2.75) is 13.8 Å². The van der Waals surface area contributed by atoms with Gasteiger partial charge in [0.05, 0.1) is 17.9 Å². The summed E-state index contributed by atoms with van der Waals surface area (Å²) in [4.78, 5) is 11.9. The van der Waals surface area contributed by atoms with E-state index >= 15 is 0 Å². The molecule has 0 saturated carbocycles. The standard InChI is InChI=1S/C16H17NO2/c1-3-19-16(18)13-9-5-7-11-15(13)17-14-10-6-4-8-12(14)2/h4-11,17H,3H2,1-2H3. The van der Waals surface area contributed by atoms with Gasteiger partial charge in [-0.15, -0.1) is 0 Å². The van der Waals surface area contributed by atoms with Crippen LogP contribution in [0.25, 0.3) is 0 Å². The molecule has 3 nitrogen and oxygen atoms in total. The Morgan fingerprint density at radius 2 is 1.68 bits per heavy atom. The summed E-state index contributed by atoms with van der Waals surface area (Å²) >= 11 is 0. The van der Waals surface area contributed by atoms with Gasteiger partial charge in [-0.3, -0.25) is 0 Å². The number of aryl methyl sites for hydroxylation is 1. The fourth-order valence-electron chi connectivity index (χ4n) is 1.84. The molecule has 0 spiro atoms. The highest BCUT2D eigenvalue weighted by Gasteiger charge is 2.12. The van der Waals surface area contributed by atoms with E-state index < -0.39 is 0 Å². The van der Waals surface area contributed by atoms with Crippen LogP contribution in [0.15, 0.2) is 48.5 Å². The third-order valence-corrected chi connectivity index (χ3v) is 2.84. The lowest BCUT2D eigenvalue weighted by Crippen LogP contribution is -2.08. The van der Waals surface area contributed by atoms with Crippen molar-refractivity contribution < 1.29 is 9.53 Å². The van der Waals surface area contributed by atoms with Crippen molar-refractivity contribution in [1.29, 1.82) is 0 Å². The molecular weight excluding hydrogens is 238 g/mol. The molecule has 0 radical (unpaired) electrons. The van der Waals surface area contributed by atoms with Crippen molar-refractivity contribution in [2.24, 2.45) is 0 Å². The number of carbonyl (C=O) groups is 1. The van der Waals surface area contributed by atoms with E-state index in [1.54, 1.807) is 13.0 Å². The number of carbonyl (C=O) groups excluding carboxylic acids is 1. The Morgan fingerprint density at radius 1 is 1.05 bits per heavy atom. The minimum absolute atomic E-state index is 0.306. The smallest absolute Gasteiger partial charge is 0.340 e. The van der Waals surface area contributed by atoms with Crippen LogP contribution in [0.3, 0.4) is 0 Å². The molecule has 2 aromatic carbocycles. The molecule has 19 heavy (non-hydrogen) atoms. The molecule has 0 fully saturated rings. The molecule has 0 amide bonds. The molecule has 0 unspecified atom stereocenters. The summed E-state index contributed by atoms with van der Waals surface area (Å²) in [5.41, 5.74) is 3.42. The average molecular weight is 255 g/mol. The normalized spacial score (nSPS) is 10.0. The monoisotopic (exact) mass is 255 g/mol. The van der Waals surface area contributed by atoms with E-state index in [1.165, 1.54) is 0 Å². The van der Waals surface area contributed by atoms with Crippen LogP contribution >= 0.6 is 0 Å². The van der Waals surface area contributed by atoms with Crippen LogP contribution in [0.4, 0.5) is 11.4 Å². The second-order valence-corrected chi connectivity index (χ2v) is 4.21. The first kappa shape index (κ1) is 13.1. The number of anilines is 2. The lowest BCUT2D eigenvalue weighted by Gasteiger charge is -2.12. The molecule has 0 aliphatic carbocycles. The topological polar surface area (TPSA) is 38.3 Å². The molecule has 0 heterocycles. The Morgan fingerprint density at radius 3 is 2.37 bits per heavy atom. The molecule has 0 saturated heterocycles. The maximum Gasteiger partial charge on any atom is 0.340 e. The van der Waals surface area contributed by atoms with E-state index in [1.807, 2.05) is 49.4 Å². The quantitative estimate of drug-likeness (QED) is 0.842. The molecule has 0 bridgehead atoms. The zero-order chi connectivity index (χ0) is 13.7. The Labute approximate surface area is 113 Å². The molecule has 0 aliphatic heterocycles. The third kappa shape index (κ3) is 3.13. The summed E-state index contributed by atoms with van der Waals surface area (Å²) in [5, 5.41) is 3.28. The second kappa shape index (κ2) is 6.05. The van der Waals surface area contributed by atoms with Crippen LogP contribution in [-0.4, -0.2) is 12.6 Å². The number of benzene rings is 2. The maximum atomic E-state index is 11.9. The van der Waals surface area contributed by atoms with Gasteiger partial charge in [-0.05, 0) is 37.6 Å². The highest BCUT2D eigenvalue weighted by Crippen LogP contribution is 2.23. The molecule has 2 aromatic rings. The molecule has 0 aliphatic rings. The molecular formula is C16H17NO2. The Bertz CT molecular complexity index is 578. The summed E-state index contributed by atoms with van der Waals surface area (Å²) < 4.78 is 5.06. The van der Waals surface area contributed by atoms with Crippen molar-refractivity contribution >= 4 is 17.3 Å². The van der Waals surface area contributed by atoms with E-state index in [4.69, 9.17) is 4.74 Å². The second-order valence-electron chi connectivity index (χ2n) is 4.21. The summed E-state index contributed by atoms with van der Waals surface area (Å²) in [5.74, 6) is -0.306. The number of hydrogen-bond donors (Lipinski definition) is 1. The summed E-state index contributed by atoms with van der Waals surface area (Å²) in [6.45, 7) is 4.20. The highest BCUT2D eigenvalue weighted by molar-refractivity contribution is 5.96. The van der Waals surface area contributed by atoms with Crippen LogP contribution in [0.1, 0.15) is 22.8 Å². The zero-order valence-corrected chi connectivity index (χ0v) is 11.1. The van der Waals surface area contributed by atoms with Crippen LogP contribution in [0.5, 0.6) is 0 Å². The van der Waals surface area contributed by atoms with Gasteiger partial charge >= 0.3 is 5.97 Å². The predicted molar refractivity (Wildman–Crippen MR) is 76.9 cm³/mol. The zero-order valence-electron chi connectivity index (χ0n) is 11.1. The average Bonchev–Trinajstić information content (AvgIpc) is 2.42. The van der Waals surface area contributed by atoms with Gasteiger partial charge in [0.15, 0.2) is 0 Å². The number of para-hydroxylation sites is 2. The van der Waals surface area contributed by atoms with Crippen LogP contribution in [0.2, 0.25) is 0 Å². The maximum absolute atomic E-state index is 11.9. The van der Waals surface area contributed by atoms with Gasteiger partial charge in [0.2, 0.25) is 0 Å². The molecule has 1 N–H and O–H groups in total. The number of rotatable bonds is 4. The SMILES string of the molecule is CCOC(=O)c1ccccc1Nc1ccccc1C. The minimum Gasteiger partial charge on any atom is -0.462 e. The van der Waals surface area contributed by atoms with Crippen molar-refractivity contribution in [3.8, 4) is 0 Å². The van der Waals surface area contributed by atoms with Crippen molar-refractivity contribution in [2.75, 3.05) is 11.9 Å². The van der Waals surface area contributed by atoms with Gasteiger partial charge in [0.25, 0.3) is 0 Å². The van der Waals surface area contributed by atoms with Gasteiger partial charge in [0.1, 0.15) is 0 Å². The van der Waals surface area contributed by atoms with Gasteiger partial charge in [-0.2, -0.15) is 0 Å². The van der Waals surface area contributed by atoms with E-state index in [9.17, 15) is 4.79 Å². The van der Waals surface area contributed by atoms with E-state index in [0.717, 1.165) is 16.9 Å². The first-order valence-corrected chi connectivity index (χ1v) is 6.31. The molecule has 0 aromatic heterocycles. The molecule has 0 atom stereocenters. The number of hydrogen-bond acceptors (Lipinski definition) is 3. The van der Waals surface area contributed by atoms with Crippen molar-refractivity contribution in [3.05, 3.63) is 59.7 Å². The van der Waals surface area contributed by atoms with E-state index in [2.05, 4.69) is 5.32 Å². The van der Waals surface area contributed by atoms with Gasteiger partial charge in [-0.1, -0.05) is 30.3 Å². The number of ether oxygens (including phenoxy) is 1. The van der Waals surface area contributed by atoms with E-state index in [0.29, 0.717) is 12.2 Å². The van der Waals surface area contributed by atoms with Gasteiger partial charge < -0.3 is 10.1 Å². The van der Waals surface area contributed by atoms with Crippen LogP contribution in [0, 0.1) is 6.92 Å². The summed E-state index contributed by atoms with van der Waals surface area (Å²) in [6, 6.07) is 15.3. The number of esters is 1. The van der Waals surface area contributed by atoms with Gasteiger partial charge in [0, 0.05) is 5.69 Å². The lowest BCUT2D eigenvalue weighted by atomic mass is 10.1. The van der Waals surface area contributed by atoms with Crippen LogP contribution < -0.4 is 5.32 Å². The van der Waals surface area contributed by atoms with Gasteiger partial charge in [-0.25, -0.2) is 4.79 Å². The minimum atomic E-state index is -0.306. The predicted octanol–water partition coefficient (Wildman–Crippen LogP) is 3.92. The fraction of sp³-hybridized carbons (Fsp3) is 0.188. The van der Waals surface area contributed by atoms with E-state index in [-0.39, 0.29) is 5.97 Å². The first-order chi connectivity index (χ1) is 9.22. The van der Waals surface area contributed by atoms with Crippen LogP contribution in [-0.2, 0) is 4.74 Å². The molecule has 2 rings (SSSR count). The van der Waals surface area contributed by atoms with Crippen molar-refractivity contribution in [1.82, 2.24) is 0 Å². The lowest BCUT2D eigenvalue weighted by molar-refractivity contribution is 0.0527. The summed E-state index contributed by atoms with van der Waals surface area (Å²) in [6.07, 6.45) is 0. The Kier molecular flexibility index (Phi) is 4.18. The number of nitrogens with one attached hydrogen (secondary N) is 1. The Hall–Kier alpha value is -2.29. The summed E-state index contributed by atoms with van der Waals surface area (Å²) in [7, 11) is 0. The third-order valence-electron chi connectivity index (χ3n) is 2.84. The fourth-order valence-corrected chi connectivity index (χ4v) is 1.84.